The van der Waals surface area contributed by atoms with Gasteiger partial charge in [-0.2, -0.15) is 0 Å². The number of H-pyrrole nitrogens is 1. The average molecular weight is 409 g/mol. The Morgan fingerprint density at radius 1 is 1.10 bits per heavy atom. The van der Waals surface area contributed by atoms with Gasteiger partial charge in [-0.15, -0.1) is 5.10 Å². The first-order valence-corrected chi connectivity index (χ1v) is 11.0. The van der Waals surface area contributed by atoms with Crippen LogP contribution in [0.3, 0.4) is 0 Å². The van der Waals surface area contributed by atoms with Crippen LogP contribution in [0, 0.1) is 0 Å². The van der Waals surface area contributed by atoms with E-state index in [4.69, 9.17) is 0 Å². The predicted octanol–water partition coefficient (Wildman–Crippen LogP) is 5.67. The Kier molecular flexibility index (Phi) is 7.09. The molecule has 3 rings (SSSR count). The van der Waals surface area contributed by atoms with Gasteiger partial charge in [-0.05, 0) is 42.9 Å². The van der Waals surface area contributed by atoms with Crippen molar-refractivity contribution >= 4 is 23.4 Å². The summed E-state index contributed by atoms with van der Waals surface area (Å²) in [5.74, 6) is 1.05. The van der Waals surface area contributed by atoms with Crippen molar-refractivity contribution in [1.82, 2.24) is 15.2 Å². The van der Waals surface area contributed by atoms with Crippen LogP contribution in [-0.2, 0) is 11.2 Å². The van der Waals surface area contributed by atoms with Crippen LogP contribution in [0.1, 0.15) is 51.2 Å². The van der Waals surface area contributed by atoms with Gasteiger partial charge in [0, 0.05) is 11.3 Å². The fourth-order valence-electron chi connectivity index (χ4n) is 3.03. The number of benzene rings is 2. The summed E-state index contributed by atoms with van der Waals surface area (Å²) < 4.78 is 0. The number of hydrogen-bond acceptors (Lipinski definition) is 4. The number of rotatable bonds is 8. The molecule has 1 amide bonds. The summed E-state index contributed by atoms with van der Waals surface area (Å²) in [5.41, 5.74) is 4.31. The number of nitrogens with one attached hydrogen (secondary N) is 2. The molecule has 0 spiro atoms. The molecule has 0 saturated carbocycles. The van der Waals surface area contributed by atoms with Crippen molar-refractivity contribution in [1.29, 1.82) is 0 Å². The SMILES string of the molecule is CCc1ccc(-c2nc(S[C@@H](C)C(=O)Nc3ccccc3[C@@H](C)CC)n[nH]2)cc1. The van der Waals surface area contributed by atoms with Gasteiger partial charge in [-0.25, -0.2) is 4.98 Å². The molecule has 2 aromatic carbocycles. The first-order chi connectivity index (χ1) is 14.0. The van der Waals surface area contributed by atoms with Crippen molar-refractivity contribution in [3.63, 3.8) is 0 Å². The average Bonchev–Trinajstić information content (AvgIpc) is 3.22. The zero-order chi connectivity index (χ0) is 20.8. The maximum atomic E-state index is 12.7. The van der Waals surface area contributed by atoms with Crippen LogP contribution in [0.4, 0.5) is 5.69 Å². The van der Waals surface area contributed by atoms with Crippen molar-refractivity contribution < 1.29 is 4.79 Å². The second kappa shape index (κ2) is 9.74. The Morgan fingerprint density at radius 3 is 2.52 bits per heavy atom. The number of aryl methyl sites for hydroxylation is 1. The number of aromatic amines is 1. The fourth-order valence-corrected chi connectivity index (χ4v) is 3.76. The number of anilines is 1. The van der Waals surface area contributed by atoms with Gasteiger partial charge >= 0.3 is 0 Å². The lowest BCUT2D eigenvalue weighted by Crippen LogP contribution is -2.23. The van der Waals surface area contributed by atoms with Gasteiger partial charge in [-0.1, -0.05) is 75.0 Å². The van der Waals surface area contributed by atoms with E-state index in [0.717, 1.165) is 29.7 Å². The Hall–Kier alpha value is -2.60. The van der Waals surface area contributed by atoms with Gasteiger partial charge in [0.2, 0.25) is 11.1 Å². The Morgan fingerprint density at radius 2 is 1.83 bits per heavy atom. The zero-order valence-electron chi connectivity index (χ0n) is 17.4. The number of hydrogen-bond donors (Lipinski definition) is 2. The van der Waals surface area contributed by atoms with Crippen LogP contribution in [0.5, 0.6) is 0 Å². The van der Waals surface area contributed by atoms with Crippen LogP contribution in [0.15, 0.2) is 53.7 Å². The number of para-hydroxylation sites is 1. The molecule has 0 aliphatic carbocycles. The van der Waals surface area contributed by atoms with Gasteiger partial charge in [0.15, 0.2) is 5.82 Å². The number of carbonyl (C=O) groups excluding carboxylic acids is 1. The maximum Gasteiger partial charge on any atom is 0.237 e. The molecule has 0 unspecified atom stereocenters. The van der Waals surface area contributed by atoms with Crippen molar-refractivity contribution in [2.45, 2.75) is 56.9 Å². The summed E-state index contributed by atoms with van der Waals surface area (Å²) in [5, 5.41) is 10.6. The fraction of sp³-hybridized carbons (Fsp3) is 0.348. The molecule has 0 bridgehead atoms. The predicted molar refractivity (Wildman–Crippen MR) is 120 cm³/mol. The molecule has 0 saturated heterocycles. The highest BCUT2D eigenvalue weighted by molar-refractivity contribution is 8.00. The van der Waals surface area contributed by atoms with E-state index in [9.17, 15) is 4.79 Å². The van der Waals surface area contributed by atoms with Crippen molar-refractivity contribution in [3.8, 4) is 11.4 Å². The standard InChI is InChI=1S/C23H28N4OS/c1-5-15(3)19-9-7-8-10-20(19)24-22(28)16(4)29-23-25-21(26-27-23)18-13-11-17(6-2)12-14-18/h7-16H,5-6H2,1-4H3,(H,24,28)(H,25,26,27)/t15-,16-/m0/s1. The molecule has 0 radical (unpaired) electrons. The lowest BCUT2D eigenvalue weighted by molar-refractivity contribution is -0.115. The van der Waals surface area contributed by atoms with Crippen LogP contribution < -0.4 is 5.32 Å². The summed E-state index contributed by atoms with van der Waals surface area (Å²) in [6.07, 6.45) is 2.03. The molecule has 152 valence electrons. The molecule has 2 atom stereocenters. The number of nitrogens with zero attached hydrogens (tertiary/aromatic N) is 2. The second-order valence-electron chi connectivity index (χ2n) is 7.16. The summed E-state index contributed by atoms with van der Waals surface area (Å²) in [6.45, 7) is 8.33. The first kappa shape index (κ1) is 21.1. The van der Waals surface area contributed by atoms with E-state index in [-0.39, 0.29) is 11.2 Å². The highest BCUT2D eigenvalue weighted by Gasteiger charge is 2.19. The van der Waals surface area contributed by atoms with Crippen LogP contribution >= 0.6 is 11.8 Å². The minimum Gasteiger partial charge on any atom is -0.325 e. The van der Waals surface area contributed by atoms with Gasteiger partial charge < -0.3 is 5.32 Å². The second-order valence-corrected chi connectivity index (χ2v) is 8.47. The lowest BCUT2D eigenvalue weighted by atomic mass is 9.97. The highest BCUT2D eigenvalue weighted by atomic mass is 32.2. The highest BCUT2D eigenvalue weighted by Crippen LogP contribution is 2.28. The number of carbonyl (C=O) groups is 1. The summed E-state index contributed by atoms with van der Waals surface area (Å²) in [7, 11) is 0. The topological polar surface area (TPSA) is 70.7 Å². The Balaban J connectivity index is 1.65. The normalized spacial score (nSPS) is 13.1. The van der Waals surface area contributed by atoms with E-state index >= 15 is 0 Å². The van der Waals surface area contributed by atoms with E-state index in [1.807, 2.05) is 37.3 Å². The third kappa shape index (κ3) is 5.26. The molecule has 6 heteroatoms. The quantitative estimate of drug-likeness (QED) is 0.471. The van der Waals surface area contributed by atoms with Gasteiger partial charge in [-0.3, -0.25) is 9.89 Å². The van der Waals surface area contributed by atoms with E-state index in [1.165, 1.54) is 17.3 Å². The number of amides is 1. The Labute approximate surface area is 176 Å². The first-order valence-electron chi connectivity index (χ1n) is 10.1. The van der Waals surface area contributed by atoms with Crippen LogP contribution in [0.25, 0.3) is 11.4 Å². The molecule has 3 aromatic rings. The number of thioether (sulfide) groups is 1. The number of aromatic nitrogens is 3. The molecule has 0 aliphatic heterocycles. The van der Waals surface area contributed by atoms with E-state index < -0.39 is 0 Å². The third-order valence-corrected chi connectivity index (χ3v) is 6.07. The molecule has 29 heavy (non-hydrogen) atoms. The van der Waals surface area contributed by atoms with E-state index in [1.54, 1.807) is 0 Å². The summed E-state index contributed by atoms with van der Waals surface area (Å²) in [4.78, 5) is 17.3. The molecule has 1 aromatic heterocycles. The minimum atomic E-state index is -0.314. The zero-order valence-corrected chi connectivity index (χ0v) is 18.2. The molecule has 5 nitrogen and oxygen atoms in total. The maximum absolute atomic E-state index is 12.7. The van der Waals surface area contributed by atoms with Crippen LogP contribution in [-0.4, -0.2) is 26.3 Å². The molecule has 2 N–H and O–H groups in total. The molecular weight excluding hydrogens is 380 g/mol. The van der Waals surface area contributed by atoms with Crippen molar-refractivity contribution in [3.05, 3.63) is 59.7 Å². The summed E-state index contributed by atoms with van der Waals surface area (Å²) in [6, 6.07) is 16.3. The Bertz CT molecular complexity index is 952. The third-order valence-electron chi connectivity index (χ3n) is 5.11. The minimum absolute atomic E-state index is 0.0515. The molecule has 0 aliphatic rings. The van der Waals surface area contributed by atoms with Crippen molar-refractivity contribution in [2.75, 3.05) is 5.32 Å². The van der Waals surface area contributed by atoms with Gasteiger partial charge in [0.05, 0.1) is 5.25 Å². The summed E-state index contributed by atoms with van der Waals surface area (Å²) >= 11 is 1.35. The van der Waals surface area contributed by atoms with Crippen LogP contribution in [0.2, 0.25) is 0 Å². The molecule has 1 heterocycles. The smallest absolute Gasteiger partial charge is 0.237 e. The van der Waals surface area contributed by atoms with E-state index in [0.29, 0.717) is 16.9 Å². The largest absolute Gasteiger partial charge is 0.325 e. The van der Waals surface area contributed by atoms with Crippen molar-refractivity contribution in [2.24, 2.45) is 0 Å². The lowest BCUT2D eigenvalue weighted by Gasteiger charge is -2.17. The molecular formula is C23H28N4OS. The van der Waals surface area contributed by atoms with Gasteiger partial charge in [0.1, 0.15) is 0 Å². The monoisotopic (exact) mass is 408 g/mol. The van der Waals surface area contributed by atoms with Gasteiger partial charge in [0.25, 0.3) is 0 Å². The molecule has 0 fully saturated rings. The van der Waals surface area contributed by atoms with E-state index in [2.05, 4.69) is 59.5 Å².